The lowest BCUT2D eigenvalue weighted by Crippen LogP contribution is -2.40. The molecule has 1 aromatic rings. The molecular formula is C11H14N2O3. The molecule has 2 amide bonds. The molecule has 86 valence electrons. The molecule has 2 rings (SSSR count). The van der Waals surface area contributed by atoms with Crippen LogP contribution in [0.5, 0.6) is 0 Å². The first-order chi connectivity index (χ1) is 7.72. The van der Waals surface area contributed by atoms with E-state index in [1.54, 1.807) is 12.1 Å². The Balaban J connectivity index is 2.13. The van der Waals surface area contributed by atoms with E-state index >= 15 is 0 Å². The van der Waals surface area contributed by atoms with Crippen molar-refractivity contribution in [1.82, 2.24) is 10.6 Å². The number of amides is 2. The van der Waals surface area contributed by atoms with Gasteiger partial charge in [-0.05, 0) is 18.6 Å². The number of urea groups is 1. The summed E-state index contributed by atoms with van der Waals surface area (Å²) in [5.74, 6) is 0.108. The van der Waals surface area contributed by atoms with E-state index in [9.17, 15) is 9.59 Å². The Hall–Kier alpha value is -1.78. The largest absolute Gasteiger partial charge is 0.461 e. The van der Waals surface area contributed by atoms with E-state index in [-0.39, 0.29) is 23.6 Å². The van der Waals surface area contributed by atoms with Gasteiger partial charge in [0, 0.05) is 0 Å². The van der Waals surface area contributed by atoms with Crippen LogP contribution in [0.1, 0.15) is 30.3 Å². The number of hydrogen-bond acceptors (Lipinski definition) is 3. The average molecular weight is 222 g/mol. The van der Waals surface area contributed by atoms with Crippen molar-refractivity contribution in [2.24, 2.45) is 0 Å². The average Bonchev–Trinajstić information content (AvgIpc) is 2.87. The predicted octanol–water partition coefficient (Wildman–Crippen LogP) is 1.31. The van der Waals surface area contributed by atoms with Crippen LogP contribution in [0.2, 0.25) is 0 Å². The number of carbonyl (C=O) groups is 2. The lowest BCUT2D eigenvalue weighted by molar-refractivity contribution is 0.0914. The van der Waals surface area contributed by atoms with Gasteiger partial charge in [-0.15, -0.1) is 0 Å². The maximum atomic E-state index is 12.0. The zero-order chi connectivity index (χ0) is 11.5. The van der Waals surface area contributed by atoms with Crippen LogP contribution in [0.15, 0.2) is 22.8 Å². The van der Waals surface area contributed by atoms with E-state index in [0.29, 0.717) is 0 Å². The summed E-state index contributed by atoms with van der Waals surface area (Å²) in [4.78, 5) is 23.2. The highest BCUT2D eigenvalue weighted by Gasteiger charge is 2.37. The summed E-state index contributed by atoms with van der Waals surface area (Å²) in [6, 6.07) is 2.32. The second-order valence-corrected chi connectivity index (χ2v) is 3.83. The summed E-state index contributed by atoms with van der Waals surface area (Å²) in [5.41, 5.74) is 0. The first-order valence-corrected chi connectivity index (χ1v) is 5.37. The number of furan rings is 1. The Kier molecular flexibility index (Phi) is 2.94. The van der Waals surface area contributed by atoms with Crippen LogP contribution in [-0.4, -0.2) is 23.9 Å². The van der Waals surface area contributed by atoms with Gasteiger partial charge >= 0.3 is 6.03 Å². The fourth-order valence-electron chi connectivity index (χ4n) is 1.91. The van der Waals surface area contributed by atoms with Crippen LogP contribution >= 0.6 is 0 Å². The van der Waals surface area contributed by atoms with Gasteiger partial charge in [0.05, 0.1) is 12.3 Å². The lowest BCUT2D eigenvalue weighted by atomic mass is 10.00. The molecule has 1 saturated heterocycles. The smallest absolute Gasteiger partial charge is 0.315 e. The van der Waals surface area contributed by atoms with Crippen molar-refractivity contribution in [3.8, 4) is 0 Å². The fraction of sp³-hybridized carbons (Fsp3) is 0.455. The number of carbonyl (C=O) groups excluding carboxylic acids is 2. The van der Waals surface area contributed by atoms with Gasteiger partial charge in [-0.1, -0.05) is 13.3 Å². The van der Waals surface area contributed by atoms with Gasteiger partial charge in [0.2, 0.25) is 5.78 Å². The molecule has 5 heteroatoms. The minimum atomic E-state index is -0.515. The van der Waals surface area contributed by atoms with Crippen molar-refractivity contribution in [2.45, 2.75) is 31.8 Å². The Morgan fingerprint density at radius 1 is 1.50 bits per heavy atom. The van der Waals surface area contributed by atoms with E-state index in [0.717, 1.165) is 12.8 Å². The van der Waals surface area contributed by atoms with Crippen LogP contribution in [-0.2, 0) is 0 Å². The van der Waals surface area contributed by atoms with Gasteiger partial charge in [0.15, 0.2) is 5.76 Å². The Morgan fingerprint density at radius 3 is 2.94 bits per heavy atom. The quantitative estimate of drug-likeness (QED) is 0.754. The zero-order valence-corrected chi connectivity index (χ0v) is 9.03. The van der Waals surface area contributed by atoms with E-state index in [1.165, 1.54) is 6.26 Å². The van der Waals surface area contributed by atoms with Gasteiger partial charge in [0.25, 0.3) is 0 Å². The first kappa shape index (κ1) is 10.7. The Labute approximate surface area is 93.2 Å². The third-order valence-electron chi connectivity index (χ3n) is 2.65. The highest BCUT2D eigenvalue weighted by Crippen LogP contribution is 2.14. The molecule has 0 radical (unpaired) electrons. The number of nitrogens with one attached hydrogen (secondary N) is 2. The van der Waals surface area contributed by atoms with Crippen molar-refractivity contribution < 1.29 is 14.0 Å². The third kappa shape index (κ3) is 1.93. The second-order valence-electron chi connectivity index (χ2n) is 3.83. The molecule has 5 nitrogen and oxygen atoms in total. The molecule has 1 fully saturated rings. The fourth-order valence-corrected chi connectivity index (χ4v) is 1.91. The van der Waals surface area contributed by atoms with Crippen molar-refractivity contribution in [3.63, 3.8) is 0 Å². The maximum absolute atomic E-state index is 12.0. The molecule has 1 aromatic heterocycles. The summed E-state index contributed by atoms with van der Waals surface area (Å²) >= 11 is 0. The zero-order valence-electron chi connectivity index (χ0n) is 9.03. The van der Waals surface area contributed by atoms with Gasteiger partial charge in [-0.2, -0.15) is 0 Å². The standard InChI is InChI=1S/C11H14N2O3/c1-2-4-7-9(13-11(15)12-7)10(14)8-5-3-6-16-8/h3,5-7,9H,2,4H2,1H3,(H2,12,13,15). The van der Waals surface area contributed by atoms with Gasteiger partial charge < -0.3 is 15.1 Å². The van der Waals surface area contributed by atoms with Crippen LogP contribution in [0.25, 0.3) is 0 Å². The van der Waals surface area contributed by atoms with Gasteiger partial charge in [0.1, 0.15) is 6.04 Å². The van der Waals surface area contributed by atoms with Crippen molar-refractivity contribution in [3.05, 3.63) is 24.2 Å². The molecule has 0 spiro atoms. The van der Waals surface area contributed by atoms with Gasteiger partial charge in [-0.25, -0.2) is 4.79 Å². The summed E-state index contributed by atoms with van der Waals surface area (Å²) < 4.78 is 5.04. The molecule has 0 saturated carbocycles. The van der Waals surface area contributed by atoms with E-state index < -0.39 is 6.04 Å². The Bertz CT molecular complexity index is 386. The van der Waals surface area contributed by atoms with Crippen LogP contribution in [0, 0.1) is 0 Å². The molecule has 2 atom stereocenters. The second kappa shape index (κ2) is 4.38. The number of hydrogen-bond donors (Lipinski definition) is 2. The van der Waals surface area contributed by atoms with E-state index in [1.807, 2.05) is 6.92 Å². The highest BCUT2D eigenvalue weighted by atomic mass is 16.3. The summed E-state index contributed by atoms with van der Waals surface area (Å²) in [6.45, 7) is 2.01. The topological polar surface area (TPSA) is 71.3 Å². The highest BCUT2D eigenvalue weighted by molar-refractivity contribution is 6.02. The summed E-state index contributed by atoms with van der Waals surface area (Å²) in [7, 11) is 0. The molecule has 0 aliphatic carbocycles. The van der Waals surface area contributed by atoms with Crippen molar-refractivity contribution in [1.29, 1.82) is 0 Å². The Morgan fingerprint density at radius 2 is 2.31 bits per heavy atom. The molecule has 1 aliphatic heterocycles. The van der Waals surface area contributed by atoms with Crippen LogP contribution in [0.4, 0.5) is 4.79 Å². The van der Waals surface area contributed by atoms with Crippen LogP contribution < -0.4 is 10.6 Å². The molecule has 16 heavy (non-hydrogen) atoms. The molecular weight excluding hydrogens is 208 g/mol. The van der Waals surface area contributed by atoms with Gasteiger partial charge in [-0.3, -0.25) is 4.79 Å². The van der Waals surface area contributed by atoms with E-state index in [2.05, 4.69) is 10.6 Å². The molecule has 2 N–H and O–H groups in total. The van der Waals surface area contributed by atoms with Crippen molar-refractivity contribution >= 4 is 11.8 Å². The normalized spacial score (nSPS) is 23.9. The van der Waals surface area contributed by atoms with E-state index in [4.69, 9.17) is 4.42 Å². The molecule has 0 aromatic carbocycles. The summed E-state index contributed by atoms with van der Waals surface area (Å²) in [5, 5.41) is 5.35. The first-order valence-electron chi connectivity index (χ1n) is 5.37. The number of Topliss-reactive ketones (excluding diaryl/α,β-unsaturated/α-hetero) is 1. The minimum Gasteiger partial charge on any atom is -0.461 e. The summed E-state index contributed by atoms with van der Waals surface area (Å²) in [6.07, 6.45) is 3.14. The maximum Gasteiger partial charge on any atom is 0.315 e. The molecule has 0 bridgehead atoms. The van der Waals surface area contributed by atoms with Crippen LogP contribution in [0.3, 0.4) is 0 Å². The minimum absolute atomic E-state index is 0.143. The molecule has 1 aliphatic rings. The molecule has 2 unspecified atom stereocenters. The predicted molar refractivity (Wildman–Crippen MR) is 57.2 cm³/mol. The third-order valence-corrected chi connectivity index (χ3v) is 2.65. The number of rotatable bonds is 4. The SMILES string of the molecule is CCCC1NC(=O)NC1C(=O)c1ccco1. The lowest BCUT2D eigenvalue weighted by Gasteiger charge is -2.14. The molecule has 2 heterocycles. The monoisotopic (exact) mass is 222 g/mol. The number of ketones is 1. The van der Waals surface area contributed by atoms with Crippen molar-refractivity contribution in [2.75, 3.05) is 0 Å².